The van der Waals surface area contributed by atoms with Crippen molar-refractivity contribution in [3.63, 3.8) is 0 Å². The van der Waals surface area contributed by atoms with E-state index in [2.05, 4.69) is 55.6 Å². The number of aryl methyl sites for hydroxylation is 1. The summed E-state index contributed by atoms with van der Waals surface area (Å²) in [6, 6.07) is 15.5. The van der Waals surface area contributed by atoms with Crippen LogP contribution >= 0.6 is 0 Å². The summed E-state index contributed by atoms with van der Waals surface area (Å²) in [6.45, 7) is 4.43. The Kier molecular flexibility index (Phi) is 3.87. The van der Waals surface area contributed by atoms with Gasteiger partial charge in [0.2, 0.25) is 0 Å². The zero-order valence-corrected chi connectivity index (χ0v) is 13.0. The van der Waals surface area contributed by atoms with Crippen molar-refractivity contribution >= 4 is 5.69 Å². The van der Waals surface area contributed by atoms with Crippen molar-refractivity contribution in [3.05, 3.63) is 59.2 Å². The first-order valence-corrected chi connectivity index (χ1v) is 7.69. The highest BCUT2D eigenvalue weighted by atomic mass is 16.5. The van der Waals surface area contributed by atoms with E-state index in [0.717, 1.165) is 17.9 Å². The van der Waals surface area contributed by atoms with Crippen LogP contribution in [0.5, 0.6) is 5.75 Å². The number of hydrogen-bond donors (Lipinski definition) is 1. The number of nitrogens with one attached hydrogen (secondary N) is 1. The van der Waals surface area contributed by atoms with Crippen molar-refractivity contribution in [1.82, 2.24) is 0 Å². The number of fused-ring (bicyclic) bond motifs is 1. The van der Waals surface area contributed by atoms with Crippen molar-refractivity contribution in [3.8, 4) is 5.75 Å². The van der Waals surface area contributed by atoms with Crippen LogP contribution in [0.15, 0.2) is 42.5 Å². The van der Waals surface area contributed by atoms with Crippen LogP contribution in [0, 0.1) is 6.92 Å². The molecule has 0 heterocycles. The summed E-state index contributed by atoms with van der Waals surface area (Å²) in [5, 5.41) is 3.69. The van der Waals surface area contributed by atoms with Crippen LogP contribution < -0.4 is 10.1 Å². The predicted molar refractivity (Wildman–Crippen MR) is 88.2 cm³/mol. The fourth-order valence-corrected chi connectivity index (χ4v) is 3.28. The molecule has 0 saturated carbocycles. The van der Waals surface area contributed by atoms with E-state index in [0.29, 0.717) is 12.0 Å². The third-order valence-electron chi connectivity index (χ3n) is 4.48. The van der Waals surface area contributed by atoms with Gasteiger partial charge in [-0.05, 0) is 54.5 Å². The molecule has 1 N–H and O–H groups in total. The van der Waals surface area contributed by atoms with Gasteiger partial charge in [0, 0.05) is 0 Å². The minimum atomic E-state index is 0.369. The SMILES string of the molecule is COc1ccc(C)cc1NC1CCC(C)c2ccccc21. The van der Waals surface area contributed by atoms with E-state index in [1.165, 1.54) is 23.1 Å². The summed E-state index contributed by atoms with van der Waals surface area (Å²) in [5.74, 6) is 1.57. The van der Waals surface area contributed by atoms with E-state index >= 15 is 0 Å². The maximum absolute atomic E-state index is 5.49. The van der Waals surface area contributed by atoms with Crippen molar-refractivity contribution in [1.29, 1.82) is 0 Å². The third kappa shape index (κ3) is 2.76. The second kappa shape index (κ2) is 5.80. The van der Waals surface area contributed by atoms with Crippen molar-refractivity contribution in [2.24, 2.45) is 0 Å². The molecule has 2 aromatic carbocycles. The summed E-state index contributed by atoms with van der Waals surface area (Å²) in [4.78, 5) is 0. The Labute approximate surface area is 127 Å². The van der Waals surface area contributed by atoms with Gasteiger partial charge in [-0.2, -0.15) is 0 Å². The van der Waals surface area contributed by atoms with Gasteiger partial charge in [0.25, 0.3) is 0 Å². The summed E-state index contributed by atoms with van der Waals surface area (Å²) in [7, 11) is 1.73. The molecule has 2 nitrogen and oxygen atoms in total. The Balaban J connectivity index is 1.93. The molecule has 2 atom stereocenters. The van der Waals surface area contributed by atoms with Gasteiger partial charge in [-0.25, -0.2) is 0 Å². The molecule has 0 fully saturated rings. The van der Waals surface area contributed by atoms with Crippen LogP contribution in [0.25, 0.3) is 0 Å². The smallest absolute Gasteiger partial charge is 0.141 e. The standard InChI is InChI=1S/C19H23NO/c1-13-8-11-19(21-3)18(12-13)20-17-10-9-14(2)15-6-4-5-7-16(15)17/h4-8,11-12,14,17,20H,9-10H2,1-3H3. The molecule has 2 unspecified atom stereocenters. The van der Waals surface area contributed by atoms with E-state index in [1.807, 2.05) is 6.07 Å². The molecule has 110 valence electrons. The van der Waals surface area contributed by atoms with Gasteiger partial charge >= 0.3 is 0 Å². The summed E-state index contributed by atoms with van der Waals surface area (Å²) >= 11 is 0. The molecule has 0 spiro atoms. The number of rotatable bonds is 3. The molecule has 0 amide bonds. The quantitative estimate of drug-likeness (QED) is 0.849. The van der Waals surface area contributed by atoms with Gasteiger partial charge in [0.1, 0.15) is 5.75 Å². The minimum Gasteiger partial charge on any atom is -0.495 e. The van der Waals surface area contributed by atoms with Gasteiger partial charge in [-0.1, -0.05) is 37.3 Å². The number of anilines is 1. The summed E-state index contributed by atoms with van der Waals surface area (Å²) in [6.07, 6.45) is 2.39. The minimum absolute atomic E-state index is 0.369. The first kappa shape index (κ1) is 14.0. The van der Waals surface area contributed by atoms with Gasteiger partial charge < -0.3 is 10.1 Å². The van der Waals surface area contributed by atoms with E-state index in [-0.39, 0.29) is 0 Å². The highest BCUT2D eigenvalue weighted by Gasteiger charge is 2.24. The van der Waals surface area contributed by atoms with Crippen molar-refractivity contribution in [2.75, 3.05) is 12.4 Å². The molecule has 2 aromatic rings. The lowest BCUT2D eigenvalue weighted by Crippen LogP contribution is -2.19. The molecule has 0 radical (unpaired) electrons. The van der Waals surface area contributed by atoms with Crippen LogP contribution in [-0.4, -0.2) is 7.11 Å². The van der Waals surface area contributed by atoms with Crippen molar-refractivity contribution < 1.29 is 4.74 Å². The Morgan fingerprint density at radius 3 is 2.57 bits per heavy atom. The second-order valence-corrected chi connectivity index (χ2v) is 6.01. The normalized spacial score (nSPS) is 20.7. The molecule has 0 aromatic heterocycles. The van der Waals surface area contributed by atoms with Crippen LogP contribution in [0.1, 0.15) is 48.4 Å². The fourth-order valence-electron chi connectivity index (χ4n) is 3.28. The molecule has 21 heavy (non-hydrogen) atoms. The topological polar surface area (TPSA) is 21.3 Å². The zero-order valence-electron chi connectivity index (χ0n) is 13.0. The highest BCUT2D eigenvalue weighted by molar-refractivity contribution is 5.59. The summed E-state index contributed by atoms with van der Waals surface area (Å²) in [5.41, 5.74) is 5.25. The Hall–Kier alpha value is -1.96. The summed E-state index contributed by atoms with van der Waals surface area (Å²) < 4.78 is 5.49. The zero-order chi connectivity index (χ0) is 14.8. The van der Waals surface area contributed by atoms with Crippen LogP contribution in [0.4, 0.5) is 5.69 Å². The average molecular weight is 281 g/mol. The lowest BCUT2D eigenvalue weighted by atomic mass is 9.81. The second-order valence-electron chi connectivity index (χ2n) is 6.01. The van der Waals surface area contributed by atoms with E-state index in [9.17, 15) is 0 Å². The lowest BCUT2D eigenvalue weighted by molar-refractivity contribution is 0.415. The largest absolute Gasteiger partial charge is 0.495 e. The molecular weight excluding hydrogens is 258 g/mol. The Morgan fingerprint density at radius 1 is 1.05 bits per heavy atom. The van der Waals surface area contributed by atoms with Crippen molar-refractivity contribution in [2.45, 2.75) is 38.6 Å². The van der Waals surface area contributed by atoms with E-state index < -0.39 is 0 Å². The monoisotopic (exact) mass is 281 g/mol. The number of hydrogen-bond acceptors (Lipinski definition) is 2. The number of ether oxygens (including phenoxy) is 1. The maximum Gasteiger partial charge on any atom is 0.141 e. The highest BCUT2D eigenvalue weighted by Crippen LogP contribution is 2.40. The molecule has 1 aliphatic carbocycles. The molecule has 1 aliphatic rings. The molecule has 2 heteroatoms. The van der Waals surface area contributed by atoms with Gasteiger partial charge in [-0.15, -0.1) is 0 Å². The molecule has 0 bridgehead atoms. The molecule has 3 rings (SSSR count). The van der Waals surface area contributed by atoms with Crippen LogP contribution in [-0.2, 0) is 0 Å². The fraction of sp³-hybridized carbons (Fsp3) is 0.368. The van der Waals surface area contributed by atoms with E-state index in [4.69, 9.17) is 4.74 Å². The molecule has 0 saturated heterocycles. The van der Waals surface area contributed by atoms with Crippen LogP contribution in [0.2, 0.25) is 0 Å². The first-order valence-electron chi connectivity index (χ1n) is 7.69. The Morgan fingerprint density at radius 2 is 1.81 bits per heavy atom. The predicted octanol–water partition coefficient (Wildman–Crippen LogP) is 5.05. The number of methoxy groups -OCH3 is 1. The lowest BCUT2D eigenvalue weighted by Gasteiger charge is -2.31. The third-order valence-corrected chi connectivity index (χ3v) is 4.48. The molecular formula is C19H23NO. The van der Waals surface area contributed by atoms with Gasteiger partial charge in [0.05, 0.1) is 18.8 Å². The van der Waals surface area contributed by atoms with E-state index in [1.54, 1.807) is 7.11 Å². The average Bonchev–Trinajstić information content (AvgIpc) is 2.51. The van der Waals surface area contributed by atoms with Gasteiger partial charge in [0.15, 0.2) is 0 Å². The van der Waals surface area contributed by atoms with Crippen LogP contribution in [0.3, 0.4) is 0 Å². The first-order chi connectivity index (χ1) is 10.2. The Bertz CT molecular complexity index is 635. The maximum atomic E-state index is 5.49. The van der Waals surface area contributed by atoms with Gasteiger partial charge in [-0.3, -0.25) is 0 Å². The molecule has 0 aliphatic heterocycles. The number of benzene rings is 2.